The minimum Gasteiger partial charge on any atom is -0.338 e. The monoisotopic (exact) mass is 372 g/mol. The summed E-state index contributed by atoms with van der Waals surface area (Å²) < 4.78 is 13.3. The van der Waals surface area contributed by atoms with Gasteiger partial charge >= 0.3 is 0 Å². The first kappa shape index (κ1) is 20.6. The van der Waals surface area contributed by atoms with Crippen molar-refractivity contribution < 1.29 is 18.9 Å². The molecule has 2 aromatic rings. The molecular weight excluding hydrogens is 345 g/mol. The summed E-state index contributed by atoms with van der Waals surface area (Å²) in [6.07, 6.45) is 0. The fraction of sp³-hybridized carbons (Fsp3) is 0.333. The quantitative estimate of drug-likeness (QED) is 0.744. The second-order valence-corrected chi connectivity index (χ2v) is 6.44. The van der Waals surface area contributed by atoms with E-state index in [1.54, 1.807) is 11.0 Å². The zero-order valence-electron chi connectivity index (χ0n) is 16.0. The van der Waals surface area contributed by atoms with Gasteiger partial charge in [0.05, 0.1) is 7.05 Å². The summed E-state index contributed by atoms with van der Waals surface area (Å²) in [7, 11) is 1.82. The molecule has 6 heteroatoms. The van der Waals surface area contributed by atoms with E-state index in [1.807, 2.05) is 51.2 Å². The van der Waals surface area contributed by atoms with Crippen LogP contribution in [0, 0.1) is 5.82 Å². The molecule has 0 bridgehead atoms. The largest absolute Gasteiger partial charge is 0.338 e. The van der Waals surface area contributed by atoms with Gasteiger partial charge in [-0.3, -0.25) is 9.59 Å². The van der Waals surface area contributed by atoms with Crippen molar-refractivity contribution in [2.24, 2.45) is 0 Å². The molecule has 2 amide bonds. The highest BCUT2D eigenvalue weighted by Crippen LogP contribution is 2.13. The highest BCUT2D eigenvalue weighted by molar-refractivity contribution is 5.91. The van der Waals surface area contributed by atoms with Crippen molar-refractivity contribution in [3.05, 3.63) is 66.0 Å². The molecule has 0 radical (unpaired) electrons. The summed E-state index contributed by atoms with van der Waals surface area (Å²) in [6.45, 7) is 5.19. The summed E-state index contributed by atoms with van der Waals surface area (Å²) >= 11 is 0. The number of nitrogens with zero attached hydrogens (tertiary/aromatic N) is 1. The normalized spacial score (nSPS) is 12.9. The van der Waals surface area contributed by atoms with Crippen molar-refractivity contribution in [3.8, 4) is 0 Å². The first-order valence-corrected chi connectivity index (χ1v) is 9.17. The van der Waals surface area contributed by atoms with Crippen LogP contribution in [-0.4, -0.2) is 43.4 Å². The fourth-order valence-corrected chi connectivity index (χ4v) is 3.13. The number of likely N-dealkylation sites (N-methyl/N-ethyl adjacent to an activating group) is 2. The Morgan fingerprint density at radius 2 is 1.74 bits per heavy atom. The Morgan fingerprint density at radius 1 is 1.07 bits per heavy atom. The molecule has 0 aromatic heterocycles. The number of hydrogen-bond donors (Lipinski definition) is 2. The van der Waals surface area contributed by atoms with E-state index in [-0.39, 0.29) is 18.4 Å². The number of nitrogens with one attached hydrogen (secondary N) is 2. The van der Waals surface area contributed by atoms with Crippen LogP contribution in [0.25, 0.3) is 0 Å². The summed E-state index contributed by atoms with van der Waals surface area (Å²) in [5.41, 5.74) is 1.27. The van der Waals surface area contributed by atoms with Gasteiger partial charge in [-0.25, -0.2) is 4.39 Å². The molecule has 2 rings (SSSR count). The van der Waals surface area contributed by atoms with E-state index in [9.17, 15) is 14.0 Å². The third-order valence-electron chi connectivity index (χ3n) is 4.50. The zero-order chi connectivity index (χ0) is 19.8. The van der Waals surface area contributed by atoms with Gasteiger partial charge < -0.3 is 15.1 Å². The number of rotatable bonds is 8. The molecule has 0 aliphatic heterocycles. The van der Waals surface area contributed by atoms with Gasteiger partial charge in [0, 0.05) is 24.3 Å². The molecule has 144 valence electrons. The molecule has 0 saturated heterocycles. The number of amides is 2. The third kappa shape index (κ3) is 5.62. The van der Waals surface area contributed by atoms with Crippen LogP contribution in [0.15, 0.2) is 54.6 Å². The SMILES string of the molecule is CCN(CC)C(=O)[C@H](c1ccccc1)[NH+](C)CC(=O)Nc1cccc(F)c1. The average molecular weight is 372 g/mol. The zero-order valence-corrected chi connectivity index (χ0v) is 16.0. The molecule has 0 fully saturated rings. The molecule has 27 heavy (non-hydrogen) atoms. The Balaban J connectivity index is 2.16. The number of benzene rings is 2. The number of quaternary nitrogens is 1. The Kier molecular flexibility index (Phi) is 7.49. The summed E-state index contributed by atoms with van der Waals surface area (Å²) in [6, 6.07) is 14.8. The summed E-state index contributed by atoms with van der Waals surface area (Å²) in [4.78, 5) is 28.0. The first-order chi connectivity index (χ1) is 13.0. The average Bonchev–Trinajstić information content (AvgIpc) is 2.63. The molecule has 0 heterocycles. The van der Waals surface area contributed by atoms with Crippen LogP contribution in [0.2, 0.25) is 0 Å². The minimum atomic E-state index is -0.482. The van der Waals surface area contributed by atoms with Crippen LogP contribution in [0.1, 0.15) is 25.5 Å². The lowest BCUT2D eigenvalue weighted by Gasteiger charge is -2.29. The molecule has 0 saturated carbocycles. The molecule has 0 aliphatic carbocycles. The number of carbonyl (C=O) groups is 2. The maximum absolute atomic E-state index is 13.3. The molecule has 2 N–H and O–H groups in total. The summed E-state index contributed by atoms with van der Waals surface area (Å²) in [5.74, 6) is -0.694. The van der Waals surface area contributed by atoms with E-state index in [4.69, 9.17) is 0 Å². The van der Waals surface area contributed by atoms with Crippen LogP contribution < -0.4 is 10.2 Å². The van der Waals surface area contributed by atoms with Crippen LogP contribution in [0.4, 0.5) is 10.1 Å². The van der Waals surface area contributed by atoms with E-state index in [1.165, 1.54) is 18.2 Å². The smallest absolute Gasteiger partial charge is 0.285 e. The van der Waals surface area contributed by atoms with Gasteiger partial charge in [0.25, 0.3) is 11.8 Å². The third-order valence-corrected chi connectivity index (χ3v) is 4.50. The maximum Gasteiger partial charge on any atom is 0.285 e. The van der Waals surface area contributed by atoms with Crippen molar-refractivity contribution in [1.82, 2.24) is 4.90 Å². The lowest BCUT2D eigenvalue weighted by molar-refractivity contribution is -0.894. The van der Waals surface area contributed by atoms with Crippen LogP contribution in [-0.2, 0) is 9.59 Å². The Morgan fingerprint density at radius 3 is 2.33 bits per heavy atom. The van der Waals surface area contributed by atoms with Gasteiger partial charge in [-0.1, -0.05) is 36.4 Å². The number of anilines is 1. The predicted molar refractivity (Wildman–Crippen MR) is 104 cm³/mol. The van der Waals surface area contributed by atoms with Crippen molar-refractivity contribution in [1.29, 1.82) is 0 Å². The lowest BCUT2D eigenvalue weighted by Crippen LogP contribution is -3.11. The number of hydrogen-bond acceptors (Lipinski definition) is 2. The predicted octanol–water partition coefficient (Wildman–Crippen LogP) is 1.89. The van der Waals surface area contributed by atoms with Crippen LogP contribution >= 0.6 is 0 Å². The number of carbonyl (C=O) groups excluding carboxylic acids is 2. The Bertz CT molecular complexity index is 763. The topological polar surface area (TPSA) is 53.9 Å². The highest BCUT2D eigenvalue weighted by Gasteiger charge is 2.33. The Labute approximate surface area is 159 Å². The van der Waals surface area contributed by atoms with Gasteiger partial charge in [-0.15, -0.1) is 0 Å². The molecule has 5 nitrogen and oxygen atoms in total. The van der Waals surface area contributed by atoms with E-state index < -0.39 is 11.9 Å². The molecule has 0 spiro atoms. The molecule has 1 unspecified atom stereocenters. The number of halogens is 1. The van der Waals surface area contributed by atoms with E-state index in [2.05, 4.69) is 5.32 Å². The Hall–Kier alpha value is -2.73. The van der Waals surface area contributed by atoms with Gasteiger partial charge in [0.1, 0.15) is 5.82 Å². The minimum absolute atomic E-state index is 0.0118. The lowest BCUT2D eigenvalue weighted by atomic mass is 10.0. The van der Waals surface area contributed by atoms with Gasteiger partial charge in [-0.05, 0) is 32.0 Å². The fourth-order valence-electron chi connectivity index (χ4n) is 3.13. The van der Waals surface area contributed by atoms with Gasteiger partial charge in [0.15, 0.2) is 12.6 Å². The van der Waals surface area contributed by atoms with Gasteiger partial charge in [0.2, 0.25) is 0 Å². The van der Waals surface area contributed by atoms with Crippen molar-refractivity contribution in [2.75, 3.05) is 32.0 Å². The van der Waals surface area contributed by atoms with Crippen molar-refractivity contribution >= 4 is 17.5 Å². The van der Waals surface area contributed by atoms with Crippen LogP contribution in [0.3, 0.4) is 0 Å². The standard InChI is InChI=1S/C21H26FN3O2/c1-4-25(5-2)21(27)20(16-10-7-6-8-11-16)24(3)15-19(26)23-18-13-9-12-17(22)14-18/h6-14,20H,4-5,15H2,1-3H3,(H,23,26)/p+1/t20-/m0/s1. The second-order valence-electron chi connectivity index (χ2n) is 6.44. The molecular formula is C21H27FN3O2+. The van der Waals surface area contributed by atoms with E-state index >= 15 is 0 Å². The maximum atomic E-state index is 13.3. The molecule has 2 aromatic carbocycles. The van der Waals surface area contributed by atoms with Crippen molar-refractivity contribution in [3.63, 3.8) is 0 Å². The van der Waals surface area contributed by atoms with Crippen LogP contribution in [0.5, 0.6) is 0 Å². The van der Waals surface area contributed by atoms with Gasteiger partial charge in [-0.2, -0.15) is 0 Å². The first-order valence-electron chi connectivity index (χ1n) is 9.17. The molecule has 2 atom stereocenters. The summed E-state index contributed by atoms with van der Waals surface area (Å²) in [5, 5.41) is 2.69. The highest BCUT2D eigenvalue weighted by atomic mass is 19.1. The van der Waals surface area contributed by atoms with Crippen molar-refractivity contribution in [2.45, 2.75) is 19.9 Å². The van der Waals surface area contributed by atoms with E-state index in [0.29, 0.717) is 18.8 Å². The molecule has 0 aliphatic rings. The second kappa shape index (κ2) is 9.83. The van der Waals surface area contributed by atoms with E-state index in [0.717, 1.165) is 10.5 Å².